The summed E-state index contributed by atoms with van der Waals surface area (Å²) >= 11 is 3.34. The van der Waals surface area contributed by atoms with Crippen LogP contribution in [0.2, 0.25) is 0 Å². The van der Waals surface area contributed by atoms with Crippen LogP contribution >= 0.6 is 23.1 Å². The number of anilines is 3. The van der Waals surface area contributed by atoms with E-state index in [1.165, 1.54) is 48.4 Å². The number of amides is 1. The molecule has 0 bridgehead atoms. The predicted octanol–water partition coefficient (Wildman–Crippen LogP) is 6.25. The summed E-state index contributed by atoms with van der Waals surface area (Å²) in [5.41, 5.74) is 20.4. The van der Waals surface area contributed by atoms with E-state index in [0.29, 0.717) is 74.0 Å². The number of aryl methyl sites for hydroxylation is 2. The van der Waals surface area contributed by atoms with Crippen LogP contribution < -0.4 is 38.3 Å². The Balaban J connectivity index is 0.914. The second kappa shape index (κ2) is 20.3. The Morgan fingerprint density at radius 1 is 0.965 bits per heavy atom. The van der Waals surface area contributed by atoms with E-state index >= 15 is 0 Å². The summed E-state index contributed by atoms with van der Waals surface area (Å²) in [5.74, 6) is 13.5. The molecule has 0 aliphatic heterocycles. The van der Waals surface area contributed by atoms with Crippen molar-refractivity contribution in [3.63, 3.8) is 0 Å². The molecule has 0 atom stereocenters. The van der Waals surface area contributed by atoms with E-state index in [1.807, 2.05) is 24.3 Å². The number of carbonyl (C=O) groups excluding carboxylic acids is 1. The number of hydrazine groups is 1. The van der Waals surface area contributed by atoms with E-state index in [9.17, 15) is 4.79 Å². The van der Waals surface area contributed by atoms with Crippen molar-refractivity contribution >= 4 is 68.1 Å². The Morgan fingerprint density at radius 2 is 1.77 bits per heavy atom. The molecule has 6 aromatic rings. The number of carbonyl (C=O) groups is 1. The standard InChI is InChI=1S/C43H52N10O2S2/c1-4-22-56-43-50-41(49-17-16-44)40(45)42(51-43)53(46)27-31-8-6-30(7-9-31)11-15-39(54)48-19-21-55-20-18-47-26-32-10-14-36-35(24-32)34-13-12-33(25-37(34)52(36)5-2)38-23-29(3)28-57-38/h6-10,12-14,23-25,28,47H,4-5,16-22,26-27,44-46H2,1-3H3,(H,48,54)(H,49,50,51). The van der Waals surface area contributed by atoms with Crippen LogP contribution in [0.3, 0.4) is 0 Å². The van der Waals surface area contributed by atoms with Crippen molar-refractivity contribution in [3.8, 4) is 22.3 Å². The minimum atomic E-state index is -0.360. The fourth-order valence-corrected chi connectivity index (χ4v) is 8.02. The highest BCUT2D eigenvalue weighted by Gasteiger charge is 2.17. The monoisotopic (exact) mass is 804 g/mol. The van der Waals surface area contributed by atoms with Gasteiger partial charge in [0.05, 0.1) is 19.8 Å². The molecule has 0 radical (unpaired) electrons. The maximum Gasteiger partial charge on any atom is 0.296 e. The first kappa shape index (κ1) is 41.5. The molecule has 14 heteroatoms. The van der Waals surface area contributed by atoms with Gasteiger partial charge < -0.3 is 36.7 Å². The Labute approximate surface area is 342 Å². The van der Waals surface area contributed by atoms with E-state index in [1.54, 1.807) is 23.1 Å². The summed E-state index contributed by atoms with van der Waals surface area (Å²) < 4.78 is 8.15. The minimum Gasteiger partial charge on any atom is -0.393 e. The number of aromatic nitrogens is 3. The Morgan fingerprint density at radius 3 is 2.53 bits per heavy atom. The molecule has 57 heavy (non-hydrogen) atoms. The van der Waals surface area contributed by atoms with E-state index in [4.69, 9.17) is 22.0 Å². The average molecular weight is 805 g/mol. The number of nitrogens with zero attached hydrogens (tertiary/aromatic N) is 4. The molecule has 0 saturated heterocycles. The van der Waals surface area contributed by atoms with Gasteiger partial charge in [-0.15, -0.1) is 11.3 Å². The highest BCUT2D eigenvalue weighted by Crippen LogP contribution is 2.35. The van der Waals surface area contributed by atoms with Crippen LogP contribution in [0, 0.1) is 18.8 Å². The number of fused-ring (bicyclic) bond motifs is 3. The van der Waals surface area contributed by atoms with Gasteiger partial charge in [0, 0.05) is 83.2 Å². The summed E-state index contributed by atoms with van der Waals surface area (Å²) in [4.78, 5) is 22.8. The van der Waals surface area contributed by atoms with Crippen LogP contribution in [0.25, 0.3) is 32.2 Å². The fraction of sp³-hybridized carbons (Fsp3) is 0.326. The van der Waals surface area contributed by atoms with Crippen LogP contribution in [0.15, 0.2) is 77.3 Å². The quantitative estimate of drug-likeness (QED) is 0.0136. The lowest BCUT2D eigenvalue weighted by molar-refractivity contribution is -0.115. The van der Waals surface area contributed by atoms with Gasteiger partial charge in [-0.2, -0.15) is 0 Å². The van der Waals surface area contributed by atoms with Crippen molar-refractivity contribution in [2.75, 3.05) is 61.2 Å². The lowest BCUT2D eigenvalue weighted by atomic mass is 10.1. The highest BCUT2D eigenvalue weighted by atomic mass is 32.2. The number of benzene rings is 3. The minimum absolute atomic E-state index is 0.359. The topological polar surface area (TPSA) is 174 Å². The molecule has 3 heterocycles. The fourth-order valence-electron chi connectivity index (χ4n) is 6.43. The Kier molecular flexibility index (Phi) is 14.8. The van der Waals surface area contributed by atoms with Gasteiger partial charge in [0.25, 0.3) is 5.91 Å². The molecule has 0 unspecified atom stereocenters. The zero-order valence-corrected chi connectivity index (χ0v) is 34.5. The maximum absolute atomic E-state index is 12.4. The number of nitrogens with two attached hydrogens (primary N) is 3. The van der Waals surface area contributed by atoms with Crippen LogP contribution in [-0.2, 0) is 29.2 Å². The SMILES string of the molecule is CCCSc1nc(NCCN)c(N)c(N(N)Cc2ccc(C#CC(=O)NCCOCCNCc3ccc4c(c3)c3ccc(-c5cc(C)cs5)cc3n4CC)cc2)n1. The summed E-state index contributed by atoms with van der Waals surface area (Å²) in [6.07, 6.45) is 0.986. The molecule has 0 fully saturated rings. The predicted molar refractivity (Wildman–Crippen MR) is 237 cm³/mol. The largest absolute Gasteiger partial charge is 0.393 e. The second-order valence-electron chi connectivity index (χ2n) is 13.6. The molecule has 0 spiro atoms. The number of thiophene rings is 1. The van der Waals surface area contributed by atoms with Gasteiger partial charge in [-0.3, -0.25) is 9.80 Å². The molecule has 0 saturated carbocycles. The molecule has 3 aromatic heterocycles. The van der Waals surface area contributed by atoms with Crippen molar-refractivity contribution in [1.82, 2.24) is 25.2 Å². The van der Waals surface area contributed by atoms with Gasteiger partial charge in [-0.25, -0.2) is 15.8 Å². The van der Waals surface area contributed by atoms with Crippen LogP contribution in [0.1, 0.15) is 42.5 Å². The van der Waals surface area contributed by atoms with Crippen LogP contribution in [0.4, 0.5) is 17.3 Å². The summed E-state index contributed by atoms with van der Waals surface area (Å²) in [7, 11) is 0. The molecule has 298 valence electrons. The van der Waals surface area contributed by atoms with Gasteiger partial charge in [0.2, 0.25) is 0 Å². The van der Waals surface area contributed by atoms with E-state index in [-0.39, 0.29) is 5.91 Å². The van der Waals surface area contributed by atoms with Crippen LogP contribution in [0.5, 0.6) is 0 Å². The number of nitrogens with one attached hydrogen (secondary N) is 3. The number of thioether (sulfide) groups is 1. The molecule has 1 amide bonds. The van der Waals surface area contributed by atoms with Crippen molar-refractivity contribution < 1.29 is 9.53 Å². The van der Waals surface area contributed by atoms with Crippen molar-refractivity contribution in [1.29, 1.82) is 0 Å². The van der Waals surface area contributed by atoms with E-state index in [0.717, 1.165) is 30.8 Å². The van der Waals surface area contributed by atoms with Gasteiger partial charge in [0.15, 0.2) is 16.8 Å². The van der Waals surface area contributed by atoms with Gasteiger partial charge in [0.1, 0.15) is 5.69 Å². The second-order valence-corrected chi connectivity index (χ2v) is 15.6. The van der Waals surface area contributed by atoms with Gasteiger partial charge in [-0.05, 0) is 84.3 Å². The number of nitrogen functional groups attached to an aromatic ring is 1. The third-order valence-corrected chi connectivity index (χ3v) is 11.4. The number of ether oxygens (including phenoxy) is 1. The first-order chi connectivity index (χ1) is 27.8. The molecule has 12 nitrogen and oxygen atoms in total. The first-order valence-corrected chi connectivity index (χ1v) is 21.2. The van der Waals surface area contributed by atoms with E-state index in [2.05, 4.69) is 111 Å². The summed E-state index contributed by atoms with van der Waals surface area (Å²) in [6, 6.07) is 23.3. The number of hydrogen-bond donors (Lipinski definition) is 6. The van der Waals surface area contributed by atoms with Gasteiger partial charge >= 0.3 is 0 Å². The van der Waals surface area contributed by atoms with E-state index < -0.39 is 0 Å². The summed E-state index contributed by atoms with van der Waals surface area (Å²) in [6.45, 7) is 11.4. The molecular weight excluding hydrogens is 753 g/mol. The lowest BCUT2D eigenvalue weighted by Gasteiger charge is -2.21. The van der Waals surface area contributed by atoms with Crippen molar-refractivity contribution in [2.45, 2.75) is 52.0 Å². The highest BCUT2D eigenvalue weighted by molar-refractivity contribution is 7.99. The Bertz CT molecular complexity index is 2350. The third kappa shape index (κ3) is 10.8. The molecule has 0 aliphatic carbocycles. The number of rotatable bonds is 19. The zero-order chi connectivity index (χ0) is 40.1. The molecule has 9 N–H and O–H groups in total. The molecule has 0 aliphatic rings. The first-order valence-electron chi connectivity index (χ1n) is 19.3. The smallest absolute Gasteiger partial charge is 0.296 e. The Hall–Kier alpha value is -5.14. The molecule has 3 aromatic carbocycles. The lowest BCUT2D eigenvalue weighted by Crippen LogP contribution is -2.32. The van der Waals surface area contributed by atoms with Crippen molar-refractivity contribution in [3.05, 3.63) is 94.4 Å². The van der Waals surface area contributed by atoms with Crippen molar-refractivity contribution in [2.24, 2.45) is 11.6 Å². The van der Waals surface area contributed by atoms with Gasteiger partial charge in [-0.1, -0.05) is 54.9 Å². The number of hydrogen-bond acceptors (Lipinski definition) is 12. The molecule has 6 rings (SSSR count). The zero-order valence-electron chi connectivity index (χ0n) is 32.9. The normalized spacial score (nSPS) is 11.2. The van der Waals surface area contributed by atoms with Crippen LogP contribution in [-0.4, -0.2) is 65.6 Å². The third-order valence-electron chi connectivity index (χ3n) is 9.22. The summed E-state index contributed by atoms with van der Waals surface area (Å²) in [5, 5.41) is 16.3. The maximum atomic E-state index is 12.4. The molecular formula is C43H52N10O2S2. The average Bonchev–Trinajstić information content (AvgIpc) is 3.80.